The number of rotatable bonds is 4. The van der Waals surface area contributed by atoms with Crippen LogP contribution in [0.2, 0.25) is 0 Å². The second kappa shape index (κ2) is 5.24. The number of carbonyl (C=O) groups is 3. The van der Waals surface area contributed by atoms with Crippen molar-refractivity contribution in [1.82, 2.24) is 10.6 Å². The van der Waals surface area contributed by atoms with Crippen molar-refractivity contribution in [2.45, 2.75) is 46.2 Å². The number of primary amides is 1. The summed E-state index contributed by atoms with van der Waals surface area (Å²) in [6, 6.07) is -1.82. The average molecular weight is 259 g/mol. The molecule has 0 bridgehead atoms. The first-order valence-corrected chi connectivity index (χ1v) is 5.49. The quantitative estimate of drug-likeness (QED) is 0.569. The first kappa shape index (κ1) is 16.2. The summed E-state index contributed by atoms with van der Waals surface area (Å²) in [5.74, 6) is -1.85. The minimum absolute atomic E-state index is 0.653. The van der Waals surface area contributed by atoms with Gasteiger partial charge in [0.2, 0.25) is 5.91 Å². The molecule has 0 aliphatic rings. The number of nitrogens with two attached hydrogens (primary N) is 1. The zero-order chi connectivity index (χ0) is 14.7. The lowest BCUT2D eigenvalue weighted by atomic mass is 9.87. The van der Waals surface area contributed by atoms with Gasteiger partial charge in [-0.1, -0.05) is 20.8 Å². The Hall–Kier alpha value is -1.79. The van der Waals surface area contributed by atoms with Gasteiger partial charge in [-0.25, -0.2) is 9.59 Å². The number of urea groups is 1. The first-order valence-electron chi connectivity index (χ1n) is 5.49. The van der Waals surface area contributed by atoms with Crippen LogP contribution in [0.5, 0.6) is 0 Å². The van der Waals surface area contributed by atoms with Crippen LogP contribution in [0.25, 0.3) is 0 Å². The van der Waals surface area contributed by atoms with Crippen LogP contribution in [0, 0.1) is 5.41 Å². The number of amides is 3. The van der Waals surface area contributed by atoms with E-state index in [1.165, 1.54) is 13.8 Å². The molecule has 18 heavy (non-hydrogen) atoms. The normalized spacial score (nSPS) is 13.6. The number of hydrogen-bond donors (Lipinski definition) is 4. The Labute approximate surface area is 106 Å². The summed E-state index contributed by atoms with van der Waals surface area (Å²) in [7, 11) is 0. The fourth-order valence-corrected chi connectivity index (χ4v) is 1.16. The maximum Gasteiger partial charge on any atom is 0.326 e. The van der Waals surface area contributed by atoms with E-state index in [0.717, 1.165) is 0 Å². The minimum atomic E-state index is -1.25. The van der Waals surface area contributed by atoms with Crippen LogP contribution in [-0.2, 0) is 9.59 Å². The zero-order valence-corrected chi connectivity index (χ0v) is 11.3. The number of aliphatic carboxylic acids is 1. The summed E-state index contributed by atoms with van der Waals surface area (Å²) in [4.78, 5) is 33.7. The van der Waals surface area contributed by atoms with Gasteiger partial charge in [0.1, 0.15) is 11.6 Å². The molecule has 0 spiro atoms. The summed E-state index contributed by atoms with van der Waals surface area (Å²) in [6.07, 6.45) is 0. The molecule has 0 radical (unpaired) electrons. The summed E-state index contributed by atoms with van der Waals surface area (Å²) in [5.41, 5.74) is 3.20. The molecule has 0 aliphatic carbocycles. The van der Waals surface area contributed by atoms with Crippen molar-refractivity contribution in [3.63, 3.8) is 0 Å². The molecule has 7 nitrogen and oxygen atoms in total. The van der Waals surface area contributed by atoms with Crippen LogP contribution in [0.3, 0.4) is 0 Å². The minimum Gasteiger partial charge on any atom is -0.480 e. The van der Waals surface area contributed by atoms with E-state index in [2.05, 4.69) is 10.6 Å². The van der Waals surface area contributed by atoms with Crippen LogP contribution in [-0.4, -0.2) is 34.6 Å². The number of hydrogen-bond acceptors (Lipinski definition) is 3. The van der Waals surface area contributed by atoms with Crippen LogP contribution in [0.1, 0.15) is 34.6 Å². The highest BCUT2D eigenvalue weighted by molar-refractivity contribution is 5.90. The lowest BCUT2D eigenvalue weighted by Crippen LogP contribution is -2.59. The van der Waals surface area contributed by atoms with E-state index in [9.17, 15) is 14.4 Å². The number of nitrogens with one attached hydrogen (secondary N) is 2. The highest BCUT2D eigenvalue weighted by Crippen LogP contribution is 2.19. The average Bonchev–Trinajstić information content (AvgIpc) is 2.10. The standard InChI is InChI=1S/C11H21N3O4/c1-10(2,3)6(7(15)16)13-9(18)14-11(4,5)8(12)17/h6H,1-5H3,(H2,12,17)(H,15,16)(H2,13,14,18). The third-order valence-electron chi connectivity index (χ3n) is 2.43. The maximum atomic E-state index is 11.6. The zero-order valence-electron chi connectivity index (χ0n) is 11.3. The second-order valence-corrected chi connectivity index (χ2v) is 5.72. The van der Waals surface area contributed by atoms with E-state index >= 15 is 0 Å². The van der Waals surface area contributed by atoms with E-state index in [4.69, 9.17) is 10.8 Å². The van der Waals surface area contributed by atoms with Gasteiger partial charge in [-0.05, 0) is 19.3 Å². The van der Waals surface area contributed by atoms with Gasteiger partial charge in [-0.2, -0.15) is 0 Å². The first-order chi connectivity index (χ1) is 7.88. The number of carboxylic acid groups (broad SMARTS) is 1. The molecule has 104 valence electrons. The van der Waals surface area contributed by atoms with Gasteiger partial charge in [0.15, 0.2) is 0 Å². The highest BCUT2D eigenvalue weighted by atomic mass is 16.4. The molecule has 0 aromatic heterocycles. The van der Waals surface area contributed by atoms with Crippen molar-refractivity contribution >= 4 is 17.9 Å². The maximum absolute atomic E-state index is 11.6. The molecule has 0 saturated heterocycles. The highest BCUT2D eigenvalue weighted by Gasteiger charge is 2.34. The Morgan fingerprint density at radius 3 is 1.83 bits per heavy atom. The molecule has 0 saturated carbocycles. The van der Waals surface area contributed by atoms with Crippen LogP contribution in [0.15, 0.2) is 0 Å². The number of carboxylic acids is 1. The van der Waals surface area contributed by atoms with Crippen molar-refractivity contribution in [2.75, 3.05) is 0 Å². The molecule has 1 unspecified atom stereocenters. The van der Waals surface area contributed by atoms with Gasteiger partial charge < -0.3 is 21.5 Å². The largest absolute Gasteiger partial charge is 0.480 e. The molecule has 0 rings (SSSR count). The van der Waals surface area contributed by atoms with E-state index in [1.807, 2.05) is 0 Å². The molecule has 0 fully saturated rings. The monoisotopic (exact) mass is 259 g/mol. The molecule has 7 heteroatoms. The van der Waals surface area contributed by atoms with Crippen LogP contribution < -0.4 is 16.4 Å². The van der Waals surface area contributed by atoms with Gasteiger partial charge in [-0.15, -0.1) is 0 Å². The third-order valence-corrected chi connectivity index (χ3v) is 2.43. The Kier molecular flexibility index (Phi) is 4.72. The Morgan fingerprint density at radius 1 is 1.11 bits per heavy atom. The van der Waals surface area contributed by atoms with Gasteiger partial charge in [-0.3, -0.25) is 4.79 Å². The topological polar surface area (TPSA) is 122 Å². The van der Waals surface area contributed by atoms with Gasteiger partial charge in [0.05, 0.1) is 0 Å². The predicted molar refractivity (Wildman–Crippen MR) is 65.8 cm³/mol. The Morgan fingerprint density at radius 2 is 1.56 bits per heavy atom. The molecular weight excluding hydrogens is 238 g/mol. The SMILES string of the molecule is CC(C)(NC(=O)NC(C(=O)O)C(C)(C)C)C(N)=O. The van der Waals surface area contributed by atoms with E-state index in [-0.39, 0.29) is 0 Å². The van der Waals surface area contributed by atoms with Crippen LogP contribution >= 0.6 is 0 Å². The van der Waals surface area contributed by atoms with Crippen molar-refractivity contribution in [2.24, 2.45) is 11.1 Å². The molecule has 0 heterocycles. The molecule has 3 amide bonds. The fourth-order valence-electron chi connectivity index (χ4n) is 1.16. The summed E-state index contributed by atoms with van der Waals surface area (Å²) in [5, 5.41) is 13.7. The van der Waals surface area contributed by atoms with E-state index in [1.54, 1.807) is 20.8 Å². The number of carbonyl (C=O) groups excluding carboxylic acids is 2. The van der Waals surface area contributed by atoms with Gasteiger partial charge >= 0.3 is 12.0 Å². The van der Waals surface area contributed by atoms with Crippen molar-refractivity contribution in [3.05, 3.63) is 0 Å². The van der Waals surface area contributed by atoms with E-state index in [0.29, 0.717) is 0 Å². The lowest BCUT2D eigenvalue weighted by Gasteiger charge is -2.30. The molecule has 1 atom stereocenters. The smallest absolute Gasteiger partial charge is 0.326 e. The summed E-state index contributed by atoms with van der Waals surface area (Å²) in [6.45, 7) is 7.92. The predicted octanol–water partition coefficient (Wildman–Crippen LogP) is 0.0488. The molecule has 0 aromatic rings. The van der Waals surface area contributed by atoms with Crippen molar-refractivity contribution < 1.29 is 19.5 Å². The lowest BCUT2D eigenvalue weighted by molar-refractivity contribution is -0.141. The molecule has 5 N–H and O–H groups in total. The fraction of sp³-hybridized carbons (Fsp3) is 0.727. The van der Waals surface area contributed by atoms with Crippen LogP contribution in [0.4, 0.5) is 4.79 Å². The van der Waals surface area contributed by atoms with E-state index < -0.39 is 34.9 Å². The second-order valence-electron chi connectivity index (χ2n) is 5.72. The molecule has 0 aliphatic heterocycles. The Bertz CT molecular complexity index is 358. The summed E-state index contributed by atoms with van der Waals surface area (Å²) < 4.78 is 0. The third kappa shape index (κ3) is 4.60. The Balaban J connectivity index is 4.75. The summed E-state index contributed by atoms with van der Waals surface area (Å²) >= 11 is 0. The van der Waals surface area contributed by atoms with Gasteiger partial charge in [0, 0.05) is 0 Å². The van der Waals surface area contributed by atoms with Crippen molar-refractivity contribution in [1.29, 1.82) is 0 Å². The van der Waals surface area contributed by atoms with Crippen molar-refractivity contribution in [3.8, 4) is 0 Å². The molecular formula is C11H21N3O4. The molecule has 0 aromatic carbocycles. The van der Waals surface area contributed by atoms with Gasteiger partial charge in [0.25, 0.3) is 0 Å².